The molecule has 0 saturated heterocycles. The van der Waals surface area contributed by atoms with Gasteiger partial charge < -0.3 is 15.3 Å². The zero-order chi connectivity index (χ0) is 13.4. The van der Waals surface area contributed by atoms with E-state index in [1.807, 2.05) is 13.0 Å². The molecule has 18 heavy (non-hydrogen) atoms. The average Bonchev–Trinajstić information content (AvgIpc) is 2.22. The zero-order valence-electron chi connectivity index (χ0n) is 10.0. The van der Waals surface area contributed by atoms with Gasteiger partial charge in [-0.1, -0.05) is 11.6 Å². The van der Waals surface area contributed by atoms with Crippen molar-refractivity contribution >= 4 is 34.9 Å². The van der Waals surface area contributed by atoms with Gasteiger partial charge in [0.15, 0.2) is 0 Å². The van der Waals surface area contributed by atoms with Gasteiger partial charge in [0, 0.05) is 7.05 Å². The lowest BCUT2D eigenvalue weighted by atomic mass is 10.0. The number of carbonyl (C=O) groups excluding carboxylic acids is 1. The molecule has 1 aliphatic heterocycles. The third kappa shape index (κ3) is 2.13. The van der Waals surface area contributed by atoms with Crippen LogP contribution in [0.5, 0.6) is 0 Å². The van der Waals surface area contributed by atoms with E-state index >= 15 is 0 Å². The Morgan fingerprint density at radius 1 is 1.56 bits per heavy atom. The minimum Gasteiger partial charge on any atom is -0.481 e. The van der Waals surface area contributed by atoms with Crippen molar-refractivity contribution in [2.45, 2.75) is 19.4 Å². The number of carboxylic acid groups (broad SMARTS) is 1. The summed E-state index contributed by atoms with van der Waals surface area (Å²) in [6.45, 7) is 1.88. The number of carbonyl (C=O) groups is 2. The molecule has 1 aromatic carbocycles. The van der Waals surface area contributed by atoms with Gasteiger partial charge in [0.05, 0.1) is 22.8 Å². The van der Waals surface area contributed by atoms with Crippen molar-refractivity contribution in [2.24, 2.45) is 0 Å². The highest BCUT2D eigenvalue weighted by Crippen LogP contribution is 2.39. The van der Waals surface area contributed by atoms with Gasteiger partial charge in [0.1, 0.15) is 6.04 Å². The molecular formula is C12H13ClN2O3. The Morgan fingerprint density at radius 3 is 2.83 bits per heavy atom. The molecule has 6 heteroatoms. The number of rotatable bonds is 2. The minimum absolute atomic E-state index is 0.258. The number of hydrogen-bond acceptors (Lipinski definition) is 3. The Bertz CT molecular complexity index is 530. The number of nitrogens with zero attached hydrogens (tertiary/aromatic N) is 1. The molecule has 96 valence electrons. The number of amides is 1. The lowest BCUT2D eigenvalue weighted by molar-refractivity contribution is -0.138. The lowest BCUT2D eigenvalue weighted by Gasteiger charge is -2.35. The van der Waals surface area contributed by atoms with Crippen LogP contribution in [0.25, 0.3) is 0 Å². The molecule has 0 radical (unpaired) electrons. The molecule has 1 amide bonds. The first-order valence-electron chi connectivity index (χ1n) is 5.46. The van der Waals surface area contributed by atoms with Crippen molar-refractivity contribution in [3.63, 3.8) is 0 Å². The Hall–Kier alpha value is -1.75. The minimum atomic E-state index is -1.02. The smallest absolute Gasteiger partial charge is 0.305 e. The topological polar surface area (TPSA) is 69.6 Å². The van der Waals surface area contributed by atoms with Crippen LogP contribution in [0.4, 0.5) is 11.4 Å². The summed E-state index contributed by atoms with van der Waals surface area (Å²) in [5.41, 5.74) is 2.21. The summed E-state index contributed by atoms with van der Waals surface area (Å²) in [5.74, 6) is -1.34. The van der Waals surface area contributed by atoms with Gasteiger partial charge >= 0.3 is 5.97 Å². The molecule has 0 fully saturated rings. The lowest BCUT2D eigenvalue weighted by Crippen LogP contribution is -2.47. The fraction of sp³-hybridized carbons (Fsp3) is 0.333. The van der Waals surface area contributed by atoms with Crippen molar-refractivity contribution in [1.29, 1.82) is 0 Å². The zero-order valence-corrected chi connectivity index (χ0v) is 10.8. The van der Waals surface area contributed by atoms with Crippen LogP contribution < -0.4 is 10.2 Å². The van der Waals surface area contributed by atoms with Gasteiger partial charge in [0.25, 0.3) is 0 Å². The molecule has 0 saturated carbocycles. The summed E-state index contributed by atoms with van der Waals surface area (Å²) >= 11 is 6.15. The first kappa shape index (κ1) is 12.7. The second-order valence-electron chi connectivity index (χ2n) is 4.36. The van der Waals surface area contributed by atoms with E-state index in [0.29, 0.717) is 16.4 Å². The van der Waals surface area contributed by atoms with Gasteiger partial charge in [-0.15, -0.1) is 0 Å². The predicted octanol–water partition coefficient (Wildman–Crippen LogP) is 1.88. The van der Waals surface area contributed by atoms with Crippen LogP contribution in [0.15, 0.2) is 12.1 Å². The molecule has 1 aliphatic rings. The van der Waals surface area contributed by atoms with Crippen LogP contribution in [-0.2, 0) is 9.59 Å². The molecule has 1 heterocycles. The maximum Gasteiger partial charge on any atom is 0.305 e. The van der Waals surface area contributed by atoms with E-state index in [1.54, 1.807) is 18.0 Å². The highest BCUT2D eigenvalue weighted by molar-refractivity contribution is 6.34. The third-order valence-corrected chi connectivity index (χ3v) is 3.24. The van der Waals surface area contributed by atoms with Crippen molar-refractivity contribution in [3.8, 4) is 0 Å². The normalized spacial score (nSPS) is 18.3. The second kappa shape index (κ2) is 4.49. The summed E-state index contributed by atoms with van der Waals surface area (Å²) in [4.78, 5) is 24.3. The van der Waals surface area contributed by atoms with Gasteiger partial charge in [-0.25, -0.2) is 0 Å². The highest BCUT2D eigenvalue weighted by atomic mass is 35.5. The molecular weight excluding hydrogens is 256 g/mol. The van der Waals surface area contributed by atoms with Crippen LogP contribution in [0.2, 0.25) is 5.02 Å². The largest absolute Gasteiger partial charge is 0.481 e. The quantitative estimate of drug-likeness (QED) is 0.859. The number of aryl methyl sites for hydroxylation is 1. The van der Waals surface area contributed by atoms with Crippen molar-refractivity contribution in [1.82, 2.24) is 0 Å². The Kier molecular flexibility index (Phi) is 3.17. The average molecular weight is 269 g/mol. The number of fused-ring (bicyclic) bond motifs is 1. The molecule has 2 rings (SSSR count). The molecule has 0 spiro atoms. The number of benzene rings is 1. The Morgan fingerprint density at radius 2 is 2.22 bits per heavy atom. The predicted molar refractivity (Wildman–Crippen MR) is 69.3 cm³/mol. The standard InChI is InChI=1S/C12H13ClN2O3/c1-6-3-7(13)11-8(4-6)14-12(18)9(15(11)2)5-10(16)17/h3-4,9H,5H2,1-2H3,(H,14,18)(H,16,17). The number of halogens is 1. The van der Waals surface area contributed by atoms with E-state index in [9.17, 15) is 9.59 Å². The number of aliphatic carboxylic acids is 1. The number of nitrogens with one attached hydrogen (secondary N) is 1. The van der Waals surface area contributed by atoms with Crippen LogP contribution in [-0.4, -0.2) is 30.1 Å². The van der Waals surface area contributed by atoms with Gasteiger partial charge in [-0.3, -0.25) is 9.59 Å². The van der Waals surface area contributed by atoms with Crippen molar-refractivity contribution in [3.05, 3.63) is 22.7 Å². The molecule has 0 aromatic heterocycles. The van der Waals surface area contributed by atoms with Crippen molar-refractivity contribution < 1.29 is 14.7 Å². The number of anilines is 2. The van der Waals surface area contributed by atoms with Gasteiger partial charge in [-0.05, 0) is 24.6 Å². The fourth-order valence-electron chi connectivity index (χ4n) is 2.13. The molecule has 0 aliphatic carbocycles. The first-order chi connectivity index (χ1) is 8.40. The number of hydrogen-bond donors (Lipinski definition) is 2. The SMILES string of the molecule is Cc1cc(Cl)c2c(c1)NC(=O)C(CC(=O)O)N2C. The fourth-order valence-corrected chi connectivity index (χ4v) is 2.54. The van der Waals surface area contributed by atoms with Crippen molar-refractivity contribution in [2.75, 3.05) is 17.3 Å². The molecule has 1 aromatic rings. The first-order valence-corrected chi connectivity index (χ1v) is 5.83. The Labute approximate surface area is 109 Å². The summed E-state index contributed by atoms with van der Waals surface area (Å²) in [6, 6.07) is 2.86. The van der Waals surface area contributed by atoms with E-state index in [4.69, 9.17) is 16.7 Å². The molecule has 2 N–H and O–H groups in total. The summed E-state index contributed by atoms with van der Waals surface area (Å²) in [5, 5.41) is 12.0. The Balaban J connectivity index is 2.45. The van der Waals surface area contributed by atoms with E-state index in [1.165, 1.54) is 0 Å². The molecule has 5 nitrogen and oxygen atoms in total. The maximum absolute atomic E-state index is 11.9. The van der Waals surface area contributed by atoms with Gasteiger partial charge in [-0.2, -0.15) is 0 Å². The van der Waals surface area contributed by atoms with E-state index < -0.39 is 12.0 Å². The summed E-state index contributed by atoms with van der Waals surface area (Å²) in [6.07, 6.45) is -0.258. The highest BCUT2D eigenvalue weighted by Gasteiger charge is 2.33. The molecule has 1 atom stereocenters. The van der Waals surface area contributed by atoms with E-state index in [-0.39, 0.29) is 12.3 Å². The van der Waals surface area contributed by atoms with E-state index in [0.717, 1.165) is 5.56 Å². The van der Waals surface area contributed by atoms with Crippen LogP contribution in [0, 0.1) is 6.92 Å². The van der Waals surface area contributed by atoms with Gasteiger partial charge in [0.2, 0.25) is 5.91 Å². The second-order valence-corrected chi connectivity index (χ2v) is 4.76. The summed E-state index contributed by atoms with van der Waals surface area (Å²) in [7, 11) is 1.67. The summed E-state index contributed by atoms with van der Waals surface area (Å²) < 4.78 is 0. The van der Waals surface area contributed by atoms with E-state index in [2.05, 4.69) is 5.32 Å². The monoisotopic (exact) mass is 268 g/mol. The molecule has 0 bridgehead atoms. The number of likely N-dealkylation sites (N-methyl/N-ethyl adjacent to an activating group) is 1. The molecule has 1 unspecified atom stereocenters. The van der Waals surface area contributed by atoms with Crippen LogP contribution in [0.1, 0.15) is 12.0 Å². The number of carboxylic acids is 1. The maximum atomic E-state index is 11.9. The van der Waals surface area contributed by atoms with Crippen LogP contribution >= 0.6 is 11.6 Å². The third-order valence-electron chi connectivity index (χ3n) is 2.96. The van der Waals surface area contributed by atoms with Crippen LogP contribution in [0.3, 0.4) is 0 Å².